The Bertz CT molecular complexity index is 1360. The van der Waals surface area contributed by atoms with Crippen molar-refractivity contribution in [2.45, 2.75) is 0 Å². The smallest absolute Gasteiger partial charge is 0.254 e. The van der Waals surface area contributed by atoms with Crippen LogP contribution in [-0.4, -0.2) is 54.4 Å². The van der Waals surface area contributed by atoms with Gasteiger partial charge in [-0.1, -0.05) is 11.6 Å². The van der Waals surface area contributed by atoms with Crippen LogP contribution in [0.15, 0.2) is 40.9 Å². The highest BCUT2D eigenvalue weighted by Gasteiger charge is 2.25. The monoisotopic (exact) mass is 471 g/mol. The number of anilines is 1. The number of nitrogens with zero attached hydrogens (tertiary/aromatic N) is 2. The van der Waals surface area contributed by atoms with Crippen molar-refractivity contribution in [3.63, 3.8) is 0 Å². The third-order valence-corrected chi connectivity index (χ3v) is 5.95. The molecule has 4 aromatic rings. The lowest BCUT2D eigenvalue weighted by Crippen LogP contribution is -2.36. The standard InChI is InChI=1S/C23H19ClFN3O5/c1-31-20-11-19(33-27-20)22(29)21-15-9-14(16(24)10-18(15)26-23(21)30)13-3-2-12(8-17(13)25)28-4-6-32-7-5-28/h2-3,8-11,26,30H,4-7H2,1H3. The highest BCUT2D eigenvalue weighted by molar-refractivity contribution is 6.34. The summed E-state index contributed by atoms with van der Waals surface area (Å²) < 4.78 is 30.5. The summed E-state index contributed by atoms with van der Waals surface area (Å²) in [7, 11) is 1.39. The molecule has 1 fully saturated rings. The first-order chi connectivity index (χ1) is 16.0. The zero-order valence-corrected chi connectivity index (χ0v) is 18.3. The molecule has 33 heavy (non-hydrogen) atoms. The lowest BCUT2D eigenvalue weighted by Gasteiger charge is -2.29. The van der Waals surface area contributed by atoms with E-state index in [0.29, 0.717) is 42.8 Å². The molecule has 3 heterocycles. The number of methoxy groups -OCH3 is 1. The third kappa shape index (κ3) is 3.79. The molecular weight excluding hydrogens is 453 g/mol. The number of morpholine rings is 1. The van der Waals surface area contributed by atoms with Gasteiger partial charge in [0.2, 0.25) is 17.4 Å². The van der Waals surface area contributed by atoms with Crippen LogP contribution in [0.3, 0.4) is 0 Å². The van der Waals surface area contributed by atoms with Gasteiger partial charge in [-0.3, -0.25) is 4.79 Å². The molecule has 0 amide bonds. The van der Waals surface area contributed by atoms with E-state index >= 15 is 4.39 Å². The molecule has 2 N–H and O–H groups in total. The fourth-order valence-electron chi connectivity index (χ4n) is 3.96. The normalized spacial score (nSPS) is 14.1. The van der Waals surface area contributed by atoms with Crippen molar-refractivity contribution in [2.24, 2.45) is 0 Å². The second-order valence-electron chi connectivity index (χ2n) is 7.55. The topological polar surface area (TPSA) is 101 Å². The van der Waals surface area contributed by atoms with Gasteiger partial charge < -0.3 is 29.0 Å². The Morgan fingerprint density at radius 1 is 1.21 bits per heavy atom. The molecule has 0 atom stereocenters. The number of hydrogen-bond acceptors (Lipinski definition) is 7. The van der Waals surface area contributed by atoms with Crippen LogP contribution in [0.25, 0.3) is 22.0 Å². The van der Waals surface area contributed by atoms with Crippen LogP contribution in [0.2, 0.25) is 5.02 Å². The number of halogens is 2. The number of aromatic amines is 1. The Balaban J connectivity index is 1.57. The maximum Gasteiger partial charge on any atom is 0.254 e. The van der Waals surface area contributed by atoms with Crippen LogP contribution >= 0.6 is 11.6 Å². The Morgan fingerprint density at radius 3 is 2.70 bits per heavy atom. The van der Waals surface area contributed by atoms with E-state index in [2.05, 4.69) is 10.1 Å². The van der Waals surface area contributed by atoms with E-state index in [1.54, 1.807) is 18.2 Å². The molecule has 1 saturated heterocycles. The van der Waals surface area contributed by atoms with Crippen molar-refractivity contribution in [1.82, 2.24) is 10.1 Å². The Morgan fingerprint density at radius 2 is 2.00 bits per heavy atom. The number of hydrogen-bond donors (Lipinski definition) is 2. The second-order valence-corrected chi connectivity index (χ2v) is 7.96. The lowest BCUT2D eigenvalue weighted by molar-refractivity contribution is 0.0999. The van der Waals surface area contributed by atoms with Gasteiger partial charge in [-0.2, -0.15) is 0 Å². The highest BCUT2D eigenvalue weighted by Crippen LogP contribution is 2.39. The van der Waals surface area contributed by atoms with Gasteiger partial charge in [-0.15, -0.1) is 0 Å². The number of H-pyrrole nitrogens is 1. The SMILES string of the molecule is COc1cc(C(=O)c2c(O)[nH]c3cc(Cl)c(-c4ccc(N5CCOCC5)cc4F)cc23)on1. The molecule has 5 rings (SSSR count). The predicted molar refractivity (Wildman–Crippen MR) is 120 cm³/mol. The summed E-state index contributed by atoms with van der Waals surface area (Å²) in [6, 6.07) is 9.37. The van der Waals surface area contributed by atoms with Gasteiger partial charge in [0.15, 0.2) is 0 Å². The van der Waals surface area contributed by atoms with Crippen LogP contribution in [0.1, 0.15) is 16.1 Å². The minimum Gasteiger partial charge on any atom is -0.494 e. The van der Waals surface area contributed by atoms with E-state index in [4.69, 9.17) is 25.6 Å². The highest BCUT2D eigenvalue weighted by atomic mass is 35.5. The zero-order valence-electron chi connectivity index (χ0n) is 17.5. The van der Waals surface area contributed by atoms with Gasteiger partial charge in [0.05, 0.1) is 42.5 Å². The number of benzene rings is 2. The van der Waals surface area contributed by atoms with E-state index in [1.807, 2.05) is 11.0 Å². The molecule has 2 aromatic heterocycles. The quantitative estimate of drug-likeness (QED) is 0.416. The van der Waals surface area contributed by atoms with Gasteiger partial charge in [0, 0.05) is 35.3 Å². The largest absolute Gasteiger partial charge is 0.494 e. The van der Waals surface area contributed by atoms with Crippen molar-refractivity contribution in [1.29, 1.82) is 0 Å². The van der Waals surface area contributed by atoms with Gasteiger partial charge in [0.25, 0.3) is 5.88 Å². The number of carbonyl (C=O) groups excluding carboxylic acids is 1. The fraction of sp³-hybridized carbons (Fsp3) is 0.217. The average molecular weight is 472 g/mol. The van der Waals surface area contributed by atoms with Gasteiger partial charge in [-0.25, -0.2) is 4.39 Å². The summed E-state index contributed by atoms with van der Waals surface area (Å²) in [5, 5.41) is 14.7. The number of ether oxygens (including phenoxy) is 2. The lowest BCUT2D eigenvalue weighted by atomic mass is 9.99. The molecule has 0 spiro atoms. The van der Waals surface area contributed by atoms with Crippen LogP contribution in [-0.2, 0) is 4.74 Å². The van der Waals surface area contributed by atoms with Crippen molar-refractivity contribution < 1.29 is 28.3 Å². The van der Waals surface area contributed by atoms with E-state index in [-0.39, 0.29) is 33.7 Å². The Hall–Kier alpha value is -3.56. The molecular formula is C23H19ClFN3O5. The first kappa shape index (κ1) is 21.3. The van der Waals surface area contributed by atoms with Crippen LogP contribution < -0.4 is 9.64 Å². The summed E-state index contributed by atoms with van der Waals surface area (Å²) in [6.07, 6.45) is 0. The number of carbonyl (C=O) groups is 1. The van der Waals surface area contributed by atoms with E-state index in [0.717, 1.165) is 5.69 Å². The molecule has 170 valence electrons. The van der Waals surface area contributed by atoms with Crippen molar-refractivity contribution >= 4 is 34.0 Å². The number of fused-ring (bicyclic) bond motifs is 1. The maximum atomic E-state index is 15.2. The number of aromatic hydroxyl groups is 1. The minimum absolute atomic E-state index is 0.0351. The van der Waals surface area contributed by atoms with Crippen molar-refractivity contribution in [3.05, 3.63) is 58.6 Å². The van der Waals surface area contributed by atoms with Crippen LogP contribution in [0.5, 0.6) is 11.8 Å². The first-order valence-corrected chi connectivity index (χ1v) is 10.6. The average Bonchev–Trinajstić information content (AvgIpc) is 3.42. The Labute approximate surface area is 192 Å². The minimum atomic E-state index is -0.606. The number of aromatic nitrogens is 2. The molecule has 0 aliphatic carbocycles. The van der Waals surface area contributed by atoms with E-state index < -0.39 is 11.6 Å². The van der Waals surface area contributed by atoms with E-state index in [9.17, 15) is 9.90 Å². The third-order valence-electron chi connectivity index (χ3n) is 5.63. The molecule has 10 heteroatoms. The zero-order chi connectivity index (χ0) is 23.1. The number of nitrogens with one attached hydrogen (secondary N) is 1. The van der Waals surface area contributed by atoms with Gasteiger partial charge in [0.1, 0.15) is 5.82 Å². The summed E-state index contributed by atoms with van der Waals surface area (Å²) in [4.78, 5) is 17.8. The summed E-state index contributed by atoms with van der Waals surface area (Å²) in [6.45, 7) is 2.56. The molecule has 1 aliphatic rings. The Kier molecular flexibility index (Phi) is 5.43. The second kappa shape index (κ2) is 8.42. The van der Waals surface area contributed by atoms with Gasteiger partial charge in [-0.05, 0) is 35.5 Å². The van der Waals surface area contributed by atoms with Crippen LogP contribution in [0, 0.1) is 5.82 Å². The number of rotatable bonds is 5. The van der Waals surface area contributed by atoms with Crippen molar-refractivity contribution in [2.75, 3.05) is 38.3 Å². The number of ketones is 1. The molecule has 0 saturated carbocycles. The molecule has 0 bridgehead atoms. The molecule has 1 aliphatic heterocycles. The van der Waals surface area contributed by atoms with Crippen LogP contribution in [0.4, 0.5) is 10.1 Å². The molecule has 0 unspecified atom stereocenters. The fourth-order valence-corrected chi connectivity index (χ4v) is 4.23. The van der Waals surface area contributed by atoms with Crippen molar-refractivity contribution in [3.8, 4) is 22.9 Å². The molecule has 0 radical (unpaired) electrons. The van der Waals surface area contributed by atoms with E-state index in [1.165, 1.54) is 19.2 Å². The molecule has 8 nitrogen and oxygen atoms in total. The molecule has 2 aromatic carbocycles. The predicted octanol–water partition coefficient (Wildman–Crippen LogP) is 4.40. The van der Waals surface area contributed by atoms with Gasteiger partial charge >= 0.3 is 0 Å². The summed E-state index contributed by atoms with van der Waals surface area (Å²) in [5.74, 6) is -1.40. The summed E-state index contributed by atoms with van der Waals surface area (Å²) >= 11 is 6.45. The first-order valence-electron chi connectivity index (χ1n) is 10.2. The summed E-state index contributed by atoms with van der Waals surface area (Å²) in [5.41, 5.74) is 1.80. The maximum absolute atomic E-state index is 15.2.